The predicted octanol–water partition coefficient (Wildman–Crippen LogP) is 0.947. The highest BCUT2D eigenvalue weighted by Crippen LogP contribution is 2.28. The molecule has 0 aromatic carbocycles. The number of amides is 1. The maximum Gasteiger partial charge on any atom is 0.209 e. The second-order valence-corrected chi connectivity index (χ2v) is 3.72. The quantitative estimate of drug-likeness (QED) is 0.594. The molecule has 1 rings (SSSR count). The fourth-order valence-electron chi connectivity index (χ4n) is 1.99. The molecule has 0 radical (unpaired) electrons. The van der Waals surface area contributed by atoms with Crippen molar-refractivity contribution in [1.29, 1.82) is 0 Å². The van der Waals surface area contributed by atoms with Crippen molar-refractivity contribution in [2.45, 2.75) is 38.8 Å². The van der Waals surface area contributed by atoms with E-state index in [-0.39, 0.29) is 0 Å². The van der Waals surface area contributed by atoms with Crippen LogP contribution in [0.4, 0.5) is 0 Å². The maximum atomic E-state index is 10.7. The fraction of sp³-hybridized carbons (Fsp3) is 0.900. The summed E-state index contributed by atoms with van der Waals surface area (Å²) in [6.07, 6.45) is 3.39. The van der Waals surface area contributed by atoms with Crippen molar-refractivity contribution in [2.24, 2.45) is 0 Å². The smallest absolute Gasteiger partial charge is 0.209 e. The lowest BCUT2D eigenvalue weighted by atomic mass is 9.84. The highest BCUT2D eigenvalue weighted by molar-refractivity contribution is 5.48. The van der Waals surface area contributed by atoms with Crippen molar-refractivity contribution < 1.29 is 4.79 Å². The van der Waals surface area contributed by atoms with Gasteiger partial charge in [0.15, 0.2) is 0 Å². The minimum atomic E-state index is 0.465. The van der Waals surface area contributed by atoms with Gasteiger partial charge in [0.05, 0.1) is 0 Å². The Hall–Kier alpha value is -0.570. The van der Waals surface area contributed by atoms with Gasteiger partial charge in [0.2, 0.25) is 6.41 Å². The average Bonchev–Trinajstić information content (AvgIpc) is 2.11. The van der Waals surface area contributed by atoms with Crippen LogP contribution in [-0.4, -0.2) is 48.4 Å². The number of rotatable bonds is 5. The Morgan fingerprint density at radius 2 is 1.85 bits per heavy atom. The molecule has 13 heavy (non-hydrogen) atoms. The molecule has 0 bridgehead atoms. The van der Waals surface area contributed by atoms with Gasteiger partial charge in [-0.25, -0.2) is 0 Å². The lowest BCUT2D eigenvalue weighted by Crippen LogP contribution is -2.56. The molecule has 1 fully saturated rings. The highest BCUT2D eigenvalue weighted by atomic mass is 16.1. The Morgan fingerprint density at radius 1 is 1.23 bits per heavy atom. The zero-order chi connectivity index (χ0) is 9.84. The molecule has 1 aliphatic rings. The first-order valence-corrected chi connectivity index (χ1v) is 5.15. The lowest BCUT2D eigenvalue weighted by Gasteiger charge is -2.46. The third-order valence-corrected chi connectivity index (χ3v) is 3.19. The minimum absolute atomic E-state index is 0.465. The zero-order valence-corrected chi connectivity index (χ0v) is 8.86. The summed E-state index contributed by atoms with van der Waals surface area (Å²) in [5.74, 6) is 0. The Balaban J connectivity index is 2.47. The van der Waals surface area contributed by atoms with E-state index in [0.717, 1.165) is 19.5 Å². The molecule has 1 saturated carbocycles. The monoisotopic (exact) mass is 184 g/mol. The Morgan fingerprint density at radius 3 is 2.15 bits per heavy atom. The van der Waals surface area contributed by atoms with Crippen LogP contribution in [0.1, 0.15) is 26.7 Å². The van der Waals surface area contributed by atoms with E-state index in [2.05, 4.69) is 18.9 Å². The second-order valence-electron chi connectivity index (χ2n) is 3.72. The van der Waals surface area contributed by atoms with Crippen molar-refractivity contribution >= 4 is 6.41 Å². The van der Waals surface area contributed by atoms with Gasteiger partial charge in [-0.15, -0.1) is 0 Å². The first kappa shape index (κ1) is 10.5. The van der Waals surface area contributed by atoms with E-state index in [4.69, 9.17) is 0 Å². The van der Waals surface area contributed by atoms with Crippen LogP contribution in [0, 0.1) is 0 Å². The number of nitrogens with zero attached hydrogens (tertiary/aromatic N) is 2. The highest BCUT2D eigenvalue weighted by Gasteiger charge is 2.36. The maximum absolute atomic E-state index is 10.7. The van der Waals surface area contributed by atoms with Gasteiger partial charge in [0.1, 0.15) is 0 Å². The molecule has 2 unspecified atom stereocenters. The topological polar surface area (TPSA) is 23.6 Å². The fourth-order valence-corrected chi connectivity index (χ4v) is 1.99. The van der Waals surface area contributed by atoms with E-state index in [9.17, 15) is 4.79 Å². The third kappa shape index (κ3) is 2.02. The summed E-state index contributed by atoms with van der Waals surface area (Å²) in [6, 6.07) is 1.06. The molecule has 3 nitrogen and oxygen atoms in total. The number of carbonyl (C=O) groups excluding carboxylic acids is 1. The van der Waals surface area contributed by atoms with Crippen molar-refractivity contribution in [3.63, 3.8) is 0 Å². The van der Waals surface area contributed by atoms with Gasteiger partial charge in [0, 0.05) is 18.6 Å². The van der Waals surface area contributed by atoms with Crippen LogP contribution >= 0.6 is 0 Å². The van der Waals surface area contributed by atoms with Gasteiger partial charge in [0.25, 0.3) is 0 Å². The standard InChI is InChI=1S/C10H20N2O/c1-4-11(3)9-6-7-10(9)12(5-2)8-13/h8-10H,4-7H2,1-3H3. The van der Waals surface area contributed by atoms with E-state index >= 15 is 0 Å². The second kappa shape index (κ2) is 4.61. The zero-order valence-electron chi connectivity index (χ0n) is 8.86. The summed E-state index contributed by atoms with van der Waals surface area (Å²) < 4.78 is 0. The normalized spacial score (nSPS) is 27.1. The van der Waals surface area contributed by atoms with Crippen molar-refractivity contribution in [1.82, 2.24) is 9.80 Å². The van der Waals surface area contributed by atoms with Crippen LogP contribution < -0.4 is 0 Å². The molecule has 0 saturated heterocycles. The Bertz CT molecular complexity index is 172. The summed E-state index contributed by atoms with van der Waals surface area (Å²) in [5, 5.41) is 0. The lowest BCUT2D eigenvalue weighted by molar-refractivity contribution is -0.124. The van der Waals surface area contributed by atoms with E-state index in [1.165, 1.54) is 12.8 Å². The van der Waals surface area contributed by atoms with E-state index in [0.29, 0.717) is 12.1 Å². The van der Waals surface area contributed by atoms with Crippen LogP contribution in [-0.2, 0) is 4.79 Å². The first-order chi connectivity index (χ1) is 6.24. The third-order valence-electron chi connectivity index (χ3n) is 3.19. The Kier molecular flexibility index (Phi) is 3.72. The van der Waals surface area contributed by atoms with Gasteiger partial charge in [-0.3, -0.25) is 4.79 Å². The van der Waals surface area contributed by atoms with E-state index in [1.54, 1.807) is 0 Å². The van der Waals surface area contributed by atoms with Gasteiger partial charge < -0.3 is 9.80 Å². The van der Waals surface area contributed by atoms with Crippen LogP contribution in [0.5, 0.6) is 0 Å². The molecule has 0 aromatic rings. The molecule has 1 amide bonds. The molecular weight excluding hydrogens is 164 g/mol. The van der Waals surface area contributed by atoms with E-state index < -0.39 is 0 Å². The van der Waals surface area contributed by atoms with Gasteiger partial charge >= 0.3 is 0 Å². The van der Waals surface area contributed by atoms with Crippen molar-refractivity contribution in [3.8, 4) is 0 Å². The number of hydrogen-bond donors (Lipinski definition) is 0. The Labute approximate surface area is 80.7 Å². The van der Waals surface area contributed by atoms with Crippen LogP contribution in [0.3, 0.4) is 0 Å². The first-order valence-electron chi connectivity index (χ1n) is 5.15. The summed E-state index contributed by atoms with van der Waals surface area (Å²) >= 11 is 0. The van der Waals surface area contributed by atoms with Gasteiger partial charge in [-0.1, -0.05) is 6.92 Å². The summed E-state index contributed by atoms with van der Waals surface area (Å²) in [6.45, 7) is 6.10. The molecule has 0 aromatic heterocycles. The molecule has 76 valence electrons. The number of hydrogen-bond acceptors (Lipinski definition) is 2. The molecule has 1 aliphatic carbocycles. The van der Waals surface area contributed by atoms with E-state index in [1.807, 2.05) is 11.8 Å². The van der Waals surface area contributed by atoms with Crippen molar-refractivity contribution in [3.05, 3.63) is 0 Å². The van der Waals surface area contributed by atoms with Crippen LogP contribution in [0.15, 0.2) is 0 Å². The average molecular weight is 184 g/mol. The molecule has 0 N–H and O–H groups in total. The number of carbonyl (C=O) groups is 1. The van der Waals surface area contributed by atoms with Crippen LogP contribution in [0.2, 0.25) is 0 Å². The molecule has 0 aliphatic heterocycles. The summed E-state index contributed by atoms with van der Waals surface area (Å²) in [5.41, 5.74) is 0. The molecule has 2 atom stereocenters. The predicted molar refractivity (Wildman–Crippen MR) is 53.6 cm³/mol. The minimum Gasteiger partial charge on any atom is -0.341 e. The molecule has 0 spiro atoms. The van der Waals surface area contributed by atoms with Crippen LogP contribution in [0.25, 0.3) is 0 Å². The molecular formula is C10H20N2O. The largest absolute Gasteiger partial charge is 0.341 e. The SMILES string of the molecule is CCN(C)C1CCC1N(C=O)CC. The molecule has 3 heteroatoms. The molecule has 0 heterocycles. The number of likely N-dealkylation sites (N-methyl/N-ethyl adjacent to an activating group) is 2. The van der Waals surface area contributed by atoms with Crippen molar-refractivity contribution in [2.75, 3.05) is 20.1 Å². The summed E-state index contributed by atoms with van der Waals surface area (Å²) in [7, 11) is 2.13. The summed E-state index contributed by atoms with van der Waals surface area (Å²) in [4.78, 5) is 15.0. The van der Waals surface area contributed by atoms with Gasteiger partial charge in [-0.2, -0.15) is 0 Å². The van der Waals surface area contributed by atoms with Gasteiger partial charge in [-0.05, 0) is 33.4 Å².